The molecular weight excluding hydrogens is 266 g/mol. The molecule has 0 aliphatic carbocycles. The lowest BCUT2D eigenvalue weighted by Gasteiger charge is -2.28. The van der Waals surface area contributed by atoms with E-state index < -0.39 is 0 Å². The van der Waals surface area contributed by atoms with Gasteiger partial charge in [0.15, 0.2) is 5.82 Å². The number of nitrogens with zero attached hydrogens (tertiary/aromatic N) is 5. The highest BCUT2D eigenvalue weighted by Crippen LogP contribution is 2.33. The first kappa shape index (κ1) is 13.0. The predicted octanol–water partition coefficient (Wildman–Crippen LogP) is 1.93. The van der Waals surface area contributed by atoms with Gasteiger partial charge in [-0.25, -0.2) is 14.5 Å². The van der Waals surface area contributed by atoms with Crippen LogP contribution in [0.4, 0.5) is 5.82 Å². The van der Waals surface area contributed by atoms with E-state index in [0.717, 1.165) is 55.6 Å². The molecule has 1 unspecified atom stereocenters. The molecule has 21 heavy (non-hydrogen) atoms. The normalized spacial score (nSPS) is 23.1. The molecule has 0 radical (unpaired) electrons. The average molecular weight is 287 g/mol. The number of ether oxygens (including phenoxy) is 1. The Morgan fingerprint density at radius 2 is 2.10 bits per heavy atom. The standard InChI is InChI=1S/C15H21N5O/c1-11-18-13(12-5-8-21-9-12)14-15(16-10-17-20(11)14)19-6-3-2-4-7-19/h10,12H,2-9H2,1H3. The lowest BCUT2D eigenvalue weighted by atomic mass is 10.0. The SMILES string of the molecule is Cc1nc(C2CCOC2)c2c(N3CCCCC3)ncnn12. The summed E-state index contributed by atoms with van der Waals surface area (Å²) in [5.74, 6) is 2.36. The predicted molar refractivity (Wildman–Crippen MR) is 79.8 cm³/mol. The Hall–Kier alpha value is -1.69. The summed E-state index contributed by atoms with van der Waals surface area (Å²) in [5, 5.41) is 4.40. The van der Waals surface area contributed by atoms with Gasteiger partial charge >= 0.3 is 0 Å². The van der Waals surface area contributed by atoms with Crippen LogP contribution in [0, 0.1) is 6.92 Å². The van der Waals surface area contributed by atoms with Crippen molar-refractivity contribution >= 4 is 11.3 Å². The Morgan fingerprint density at radius 3 is 2.86 bits per heavy atom. The van der Waals surface area contributed by atoms with E-state index in [1.165, 1.54) is 19.3 Å². The second-order valence-corrected chi connectivity index (χ2v) is 6.00. The molecule has 2 aromatic heterocycles. The number of rotatable bonds is 2. The number of hydrogen-bond acceptors (Lipinski definition) is 5. The molecule has 0 N–H and O–H groups in total. The van der Waals surface area contributed by atoms with Gasteiger partial charge in [0, 0.05) is 25.6 Å². The van der Waals surface area contributed by atoms with E-state index in [2.05, 4.69) is 15.0 Å². The molecule has 2 aliphatic rings. The largest absolute Gasteiger partial charge is 0.381 e. The minimum Gasteiger partial charge on any atom is -0.381 e. The van der Waals surface area contributed by atoms with Crippen molar-refractivity contribution in [1.29, 1.82) is 0 Å². The molecule has 1 atom stereocenters. The molecule has 6 heteroatoms. The van der Waals surface area contributed by atoms with Crippen molar-refractivity contribution in [3.8, 4) is 0 Å². The molecule has 112 valence electrons. The summed E-state index contributed by atoms with van der Waals surface area (Å²) in [6.45, 7) is 5.77. The number of piperidine rings is 1. The summed E-state index contributed by atoms with van der Waals surface area (Å²) in [5.41, 5.74) is 2.21. The molecule has 0 amide bonds. The first-order valence-electron chi connectivity index (χ1n) is 7.87. The maximum Gasteiger partial charge on any atom is 0.158 e. The molecule has 2 saturated heterocycles. The van der Waals surface area contributed by atoms with Crippen molar-refractivity contribution in [2.75, 3.05) is 31.2 Å². The Balaban J connectivity index is 1.85. The quantitative estimate of drug-likeness (QED) is 0.844. The smallest absolute Gasteiger partial charge is 0.158 e. The zero-order chi connectivity index (χ0) is 14.2. The number of imidazole rings is 1. The fourth-order valence-electron chi connectivity index (χ4n) is 3.46. The summed E-state index contributed by atoms with van der Waals surface area (Å²) in [7, 11) is 0. The van der Waals surface area contributed by atoms with Crippen LogP contribution in [0.15, 0.2) is 6.33 Å². The molecule has 0 saturated carbocycles. The van der Waals surface area contributed by atoms with Gasteiger partial charge < -0.3 is 9.64 Å². The van der Waals surface area contributed by atoms with E-state index in [1.807, 2.05) is 11.4 Å². The van der Waals surface area contributed by atoms with Gasteiger partial charge in [-0.2, -0.15) is 5.10 Å². The van der Waals surface area contributed by atoms with Crippen LogP contribution in [0.5, 0.6) is 0 Å². The zero-order valence-electron chi connectivity index (χ0n) is 12.5. The van der Waals surface area contributed by atoms with Crippen LogP contribution in [0.1, 0.15) is 43.1 Å². The number of fused-ring (bicyclic) bond motifs is 1. The summed E-state index contributed by atoms with van der Waals surface area (Å²) in [4.78, 5) is 11.8. The minimum absolute atomic E-state index is 0.378. The van der Waals surface area contributed by atoms with Gasteiger partial charge in [0.1, 0.15) is 17.7 Å². The summed E-state index contributed by atoms with van der Waals surface area (Å²) in [6.07, 6.45) is 6.50. The summed E-state index contributed by atoms with van der Waals surface area (Å²) >= 11 is 0. The Kier molecular flexibility index (Phi) is 3.25. The average Bonchev–Trinajstić information content (AvgIpc) is 3.16. The van der Waals surface area contributed by atoms with Crippen molar-refractivity contribution in [3.05, 3.63) is 17.8 Å². The first-order chi connectivity index (χ1) is 10.3. The van der Waals surface area contributed by atoms with Crippen molar-refractivity contribution in [1.82, 2.24) is 19.6 Å². The third-order valence-electron chi connectivity index (χ3n) is 4.57. The van der Waals surface area contributed by atoms with Gasteiger partial charge in [-0.1, -0.05) is 0 Å². The molecule has 4 heterocycles. The van der Waals surface area contributed by atoms with Crippen molar-refractivity contribution in [2.24, 2.45) is 0 Å². The van der Waals surface area contributed by atoms with E-state index in [4.69, 9.17) is 9.72 Å². The Morgan fingerprint density at radius 1 is 1.24 bits per heavy atom. The molecule has 0 bridgehead atoms. The van der Waals surface area contributed by atoms with E-state index in [-0.39, 0.29) is 0 Å². The van der Waals surface area contributed by atoms with Crippen LogP contribution in [0.25, 0.3) is 5.52 Å². The van der Waals surface area contributed by atoms with Crippen molar-refractivity contribution in [3.63, 3.8) is 0 Å². The lowest BCUT2D eigenvalue weighted by molar-refractivity contribution is 0.193. The van der Waals surface area contributed by atoms with Crippen LogP contribution >= 0.6 is 0 Å². The topological polar surface area (TPSA) is 55.5 Å². The third-order valence-corrected chi connectivity index (χ3v) is 4.57. The molecule has 2 aromatic rings. The molecule has 4 rings (SSSR count). The Bertz CT molecular complexity index is 641. The van der Waals surface area contributed by atoms with Crippen LogP contribution in [-0.2, 0) is 4.74 Å². The van der Waals surface area contributed by atoms with Gasteiger partial charge in [0.25, 0.3) is 0 Å². The van der Waals surface area contributed by atoms with Gasteiger partial charge in [-0.15, -0.1) is 0 Å². The summed E-state index contributed by atoms with van der Waals surface area (Å²) < 4.78 is 7.50. The van der Waals surface area contributed by atoms with Gasteiger partial charge in [-0.05, 0) is 32.6 Å². The van der Waals surface area contributed by atoms with Crippen LogP contribution in [0.3, 0.4) is 0 Å². The fourth-order valence-corrected chi connectivity index (χ4v) is 3.46. The molecule has 2 fully saturated rings. The third kappa shape index (κ3) is 2.18. The van der Waals surface area contributed by atoms with Gasteiger partial charge in [0.05, 0.1) is 12.3 Å². The van der Waals surface area contributed by atoms with Crippen LogP contribution < -0.4 is 4.90 Å². The second-order valence-electron chi connectivity index (χ2n) is 6.00. The highest BCUT2D eigenvalue weighted by molar-refractivity contribution is 5.72. The highest BCUT2D eigenvalue weighted by Gasteiger charge is 2.27. The van der Waals surface area contributed by atoms with Gasteiger partial charge in [-0.3, -0.25) is 0 Å². The van der Waals surface area contributed by atoms with E-state index in [9.17, 15) is 0 Å². The second kappa shape index (κ2) is 5.26. The number of hydrogen-bond donors (Lipinski definition) is 0. The number of aryl methyl sites for hydroxylation is 1. The van der Waals surface area contributed by atoms with Crippen LogP contribution in [0.2, 0.25) is 0 Å². The van der Waals surface area contributed by atoms with Gasteiger partial charge in [0.2, 0.25) is 0 Å². The van der Waals surface area contributed by atoms with Crippen molar-refractivity contribution in [2.45, 2.75) is 38.5 Å². The monoisotopic (exact) mass is 287 g/mol. The molecule has 6 nitrogen and oxygen atoms in total. The van der Waals surface area contributed by atoms with E-state index in [0.29, 0.717) is 5.92 Å². The number of anilines is 1. The molecule has 0 spiro atoms. The van der Waals surface area contributed by atoms with Crippen molar-refractivity contribution < 1.29 is 4.74 Å². The molecular formula is C15H21N5O. The zero-order valence-corrected chi connectivity index (χ0v) is 12.5. The maximum absolute atomic E-state index is 5.55. The molecule has 2 aliphatic heterocycles. The number of aromatic nitrogens is 4. The van der Waals surface area contributed by atoms with E-state index in [1.54, 1.807) is 6.33 Å². The molecule has 0 aromatic carbocycles. The minimum atomic E-state index is 0.378. The fraction of sp³-hybridized carbons (Fsp3) is 0.667. The van der Waals surface area contributed by atoms with E-state index >= 15 is 0 Å². The first-order valence-corrected chi connectivity index (χ1v) is 7.87. The summed E-state index contributed by atoms with van der Waals surface area (Å²) in [6, 6.07) is 0. The maximum atomic E-state index is 5.55. The van der Waals surface area contributed by atoms with Crippen LogP contribution in [-0.4, -0.2) is 45.9 Å². The highest BCUT2D eigenvalue weighted by atomic mass is 16.5. The lowest BCUT2D eigenvalue weighted by Crippen LogP contribution is -2.31. The Labute approximate surface area is 124 Å².